The molecule has 0 aliphatic heterocycles. The average Bonchev–Trinajstić information content (AvgIpc) is 2.61. The van der Waals surface area contributed by atoms with E-state index >= 15 is 0 Å². The number of hydrogen-bond donors (Lipinski definition) is 2. The number of ether oxygens (including phenoxy) is 1. The minimum Gasteiger partial charge on any atom is -0.478 e. The lowest BCUT2D eigenvalue weighted by Gasteiger charge is -2.16. The van der Waals surface area contributed by atoms with E-state index in [1.165, 1.54) is 0 Å². The number of carbonyl (C=O) groups excluding carboxylic acids is 1. The van der Waals surface area contributed by atoms with Crippen molar-refractivity contribution < 1.29 is 19.4 Å². The molecule has 0 aliphatic rings. The third kappa shape index (κ3) is 5.21. The van der Waals surface area contributed by atoms with Gasteiger partial charge in [0.15, 0.2) is 0 Å². The lowest BCUT2D eigenvalue weighted by atomic mass is 10.1. The molecule has 0 bridgehead atoms. The highest BCUT2D eigenvalue weighted by Crippen LogP contribution is 2.15. The zero-order valence-corrected chi connectivity index (χ0v) is 13.6. The van der Waals surface area contributed by atoms with Gasteiger partial charge in [0.1, 0.15) is 0 Å². The molecule has 2 aromatic rings. The molecule has 0 spiro atoms. The number of carbonyl (C=O) groups is 2. The monoisotopic (exact) mass is 327 g/mol. The van der Waals surface area contributed by atoms with Crippen LogP contribution in [0.1, 0.15) is 34.0 Å². The highest BCUT2D eigenvalue weighted by Gasteiger charge is 2.11. The van der Waals surface area contributed by atoms with Crippen molar-refractivity contribution in [2.24, 2.45) is 0 Å². The zero-order valence-electron chi connectivity index (χ0n) is 13.6. The fourth-order valence-electron chi connectivity index (χ4n) is 2.37. The lowest BCUT2D eigenvalue weighted by molar-refractivity contribution is -0.121. The minimum atomic E-state index is -0.953. The van der Waals surface area contributed by atoms with E-state index in [0.29, 0.717) is 19.4 Å². The molecule has 2 aromatic carbocycles. The molecule has 1 atom stereocenters. The molecule has 1 unspecified atom stereocenters. The second-order valence-corrected chi connectivity index (χ2v) is 5.44. The molecule has 5 nitrogen and oxygen atoms in total. The number of aromatic carboxylic acids is 1. The number of amides is 1. The Morgan fingerprint density at radius 3 is 2.33 bits per heavy atom. The van der Waals surface area contributed by atoms with Crippen LogP contribution in [0.25, 0.3) is 0 Å². The van der Waals surface area contributed by atoms with Gasteiger partial charge in [-0.1, -0.05) is 42.5 Å². The van der Waals surface area contributed by atoms with Gasteiger partial charge in [-0.25, -0.2) is 4.79 Å². The van der Waals surface area contributed by atoms with Gasteiger partial charge >= 0.3 is 5.97 Å². The summed E-state index contributed by atoms with van der Waals surface area (Å²) in [6, 6.07) is 16.3. The Hall–Kier alpha value is -2.66. The quantitative estimate of drug-likeness (QED) is 0.782. The number of carboxylic acid groups (broad SMARTS) is 1. The van der Waals surface area contributed by atoms with Crippen LogP contribution >= 0.6 is 0 Å². The number of carboxylic acids is 1. The lowest BCUT2D eigenvalue weighted by Crippen LogP contribution is -2.29. The topological polar surface area (TPSA) is 75.6 Å². The number of rotatable bonds is 8. The van der Waals surface area contributed by atoms with Crippen molar-refractivity contribution >= 4 is 11.9 Å². The first kappa shape index (κ1) is 17.7. The third-order valence-corrected chi connectivity index (χ3v) is 3.78. The van der Waals surface area contributed by atoms with Crippen molar-refractivity contribution in [1.29, 1.82) is 0 Å². The van der Waals surface area contributed by atoms with Crippen LogP contribution in [0.3, 0.4) is 0 Å². The van der Waals surface area contributed by atoms with Gasteiger partial charge in [-0.2, -0.15) is 0 Å². The smallest absolute Gasteiger partial charge is 0.335 e. The summed E-state index contributed by atoms with van der Waals surface area (Å²) in [4.78, 5) is 22.8. The SMILES string of the molecule is COC(CNC(=O)CCc1ccc(C(=O)O)cc1)c1ccccc1. The van der Waals surface area contributed by atoms with Gasteiger partial charge in [-0.15, -0.1) is 0 Å². The van der Waals surface area contributed by atoms with Gasteiger partial charge in [0.25, 0.3) is 0 Å². The molecule has 2 N–H and O–H groups in total. The Bertz CT molecular complexity index is 668. The average molecular weight is 327 g/mol. The molecular weight excluding hydrogens is 306 g/mol. The van der Waals surface area contributed by atoms with Gasteiger partial charge in [-0.3, -0.25) is 4.79 Å². The fraction of sp³-hybridized carbons (Fsp3) is 0.263. The van der Waals surface area contributed by atoms with Crippen LogP contribution in [0.2, 0.25) is 0 Å². The van der Waals surface area contributed by atoms with E-state index in [0.717, 1.165) is 11.1 Å². The Kier molecular flexibility index (Phi) is 6.51. The molecule has 0 aromatic heterocycles. The van der Waals surface area contributed by atoms with Gasteiger partial charge in [0.2, 0.25) is 5.91 Å². The molecule has 0 aliphatic carbocycles. The minimum absolute atomic E-state index is 0.0599. The number of nitrogens with one attached hydrogen (secondary N) is 1. The maximum absolute atomic E-state index is 12.0. The summed E-state index contributed by atoms with van der Waals surface area (Å²) >= 11 is 0. The van der Waals surface area contributed by atoms with Crippen molar-refractivity contribution in [2.75, 3.05) is 13.7 Å². The van der Waals surface area contributed by atoms with Crippen LogP contribution in [-0.2, 0) is 16.0 Å². The molecule has 126 valence electrons. The number of hydrogen-bond acceptors (Lipinski definition) is 3. The maximum atomic E-state index is 12.0. The van der Waals surface area contributed by atoms with E-state index in [9.17, 15) is 9.59 Å². The van der Waals surface area contributed by atoms with Gasteiger partial charge in [0.05, 0.1) is 11.7 Å². The van der Waals surface area contributed by atoms with Gasteiger partial charge in [-0.05, 0) is 29.7 Å². The normalized spacial score (nSPS) is 11.7. The van der Waals surface area contributed by atoms with Gasteiger partial charge < -0.3 is 15.2 Å². The van der Waals surface area contributed by atoms with Crippen LogP contribution < -0.4 is 5.32 Å². The molecular formula is C19H21NO4. The van der Waals surface area contributed by atoms with Crippen LogP contribution in [0, 0.1) is 0 Å². The standard InChI is InChI=1S/C19H21NO4/c1-24-17(15-5-3-2-4-6-15)13-20-18(21)12-9-14-7-10-16(11-8-14)19(22)23/h2-8,10-11,17H,9,12-13H2,1H3,(H,20,21)(H,22,23). The van der Waals surface area contributed by atoms with E-state index in [-0.39, 0.29) is 17.6 Å². The fourth-order valence-corrected chi connectivity index (χ4v) is 2.37. The molecule has 2 rings (SSSR count). The summed E-state index contributed by atoms with van der Waals surface area (Å²) in [5.74, 6) is -1.01. The van der Waals surface area contributed by atoms with Crippen molar-refractivity contribution in [1.82, 2.24) is 5.32 Å². The molecule has 0 saturated carbocycles. The van der Waals surface area contributed by atoms with E-state index in [1.54, 1.807) is 31.4 Å². The van der Waals surface area contributed by atoms with Gasteiger partial charge in [0, 0.05) is 20.1 Å². The van der Waals surface area contributed by atoms with E-state index < -0.39 is 5.97 Å². The summed E-state index contributed by atoms with van der Waals surface area (Å²) in [7, 11) is 1.62. The molecule has 5 heteroatoms. The first-order valence-electron chi connectivity index (χ1n) is 7.77. The predicted molar refractivity (Wildman–Crippen MR) is 90.9 cm³/mol. The highest BCUT2D eigenvalue weighted by molar-refractivity contribution is 5.87. The summed E-state index contributed by atoms with van der Waals surface area (Å²) in [5, 5.41) is 11.7. The summed E-state index contributed by atoms with van der Waals surface area (Å²) < 4.78 is 5.41. The van der Waals surface area contributed by atoms with Crippen molar-refractivity contribution in [2.45, 2.75) is 18.9 Å². The molecule has 0 radical (unpaired) electrons. The first-order chi connectivity index (χ1) is 11.6. The number of benzene rings is 2. The highest BCUT2D eigenvalue weighted by atomic mass is 16.5. The van der Waals surface area contributed by atoms with E-state index in [1.807, 2.05) is 30.3 Å². The second kappa shape index (κ2) is 8.84. The zero-order chi connectivity index (χ0) is 17.4. The van der Waals surface area contributed by atoms with Crippen LogP contribution in [0.4, 0.5) is 0 Å². The predicted octanol–water partition coefficient (Wildman–Crippen LogP) is 2.82. The Labute approximate surface area is 141 Å². The largest absolute Gasteiger partial charge is 0.478 e. The molecule has 0 saturated heterocycles. The molecule has 1 amide bonds. The molecule has 24 heavy (non-hydrogen) atoms. The maximum Gasteiger partial charge on any atom is 0.335 e. The van der Waals surface area contributed by atoms with Crippen molar-refractivity contribution in [3.05, 3.63) is 71.3 Å². The van der Waals surface area contributed by atoms with E-state index in [4.69, 9.17) is 9.84 Å². The second-order valence-electron chi connectivity index (χ2n) is 5.44. The van der Waals surface area contributed by atoms with Crippen molar-refractivity contribution in [3.63, 3.8) is 0 Å². The van der Waals surface area contributed by atoms with Crippen LogP contribution in [-0.4, -0.2) is 30.6 Å². The number of methoxy groups -OCH3 is 1. The summed E-state index contributed by atoms with van der Waals surface area (Å²) in [5.41, 5.74) is 2.19. The Balaban J connectivity index is 1.79. The van der Waals surface area contributed by atoms with Crippen LogP contribution in [0.15, 0.2) is 54.6 Å². The van der Waals surface area contributed by atoms with Crippen molar-refractivity contribution in [3.8, 4) is 0 Å². The summed E-state index contributed by atoms with van der Waals surface area (Å²) in [6.07, 6.45) is 0.733. The Morgan fingerprint density at radius 1 is 1.08 bits per heavy atom. The number of aryl methyl sites for hydroxylation is 1. The Morgan fingerprint density at radius 2 is 1.75 bits per heavy atom. The third-order valence-electron chi connectivity index (χ3n) is 3.78. The molecule has 0 heterocycles. The molecule has 0 fully saturated rings. The van der Waals surface area contributed by atoms with E-state index in [2.05, 4.69) is 5.32 Å². The van der Waals surface area contributed by atoms with Crippen LogP contribution in [0.5, 0.6) is 0 Å². The summed E-state index contributed by atoms with van der Waals surface area (Å²) in [6.45, 7) is 0.414. The first-order valence-corrected chi connectivity index (χ1v) is 7.77.